The quantitative estimate of drug-likeness (QED) is 0.230. The second kappa shape index (κ2) is 11.3. The number of rotatable bonds is 8. The van der Waals surface area contributed by atoms with Gasteiger partial charge in [-0.25, -0.2) is 0 Å². The van der Waals surface area contributed by atoms with Gasteiger partial charge in [-0.1, -0.05) is 48.5 Å². The first kappa shape index (κ1) is 26.4. The zero-order valence-electron chi connectivity index (χ0n) is 22.1. The van der Waals surface area contributed by atoms with Gasteiger partial charge in [0, 0.05) is 11.5 Å². The summed E-state index contributed by atoms with van der Waals surface area (Å²) in [7, 11) is 6.83. The van der Waals surface area contributed by atoms with E-state index >= 15 is 0 Å². The van der Waals surface area contributed by atoms with Crippen LogP contribution in [0.3, 0.4) is 0 Å². The largest absolute Gasteiger partial charge is 0.497 e. The summed E-state index contributed by atoms with van der Waals surface area (Å²) in [6.45, 7) is 0. The lowest BCUT2D eigenvalue weighted by atomic mass is 9.71. The minimum atomic E-state index is -0.461. The first-order chi connectivity index (χ1) is 18.6. The predicted molar refractivity (Wildman–Crippen MR) is 158 cm³/mol. The molecule has 0 aliphatic carbocycles. The summed E-state index contributed by atoms with van der Waals surface area (Å²) in [5, 5.41) is 0. The molecule has 0 spiro atoms. The van der Waals surface area contributed by atoms with Gasteiger partial charge in [0.1, 0.15) is 23.0 Å². The summed E-state index contributed by atoms with van der Waals surface area (Å²) in [6, 6.07) is 34.2. The third kappa shape index (κ3) is 4.40. The lowest BCUT2D eigenvalue weighted by Gasteiger charge is -2.54. The first-order valence-electron chi connectivity index (χ1n) is 12.5. The number of ether oxygens (including phenoxy) is 4. The lowest BCUT2D eigenvalue weighted by molar-refractivity contribution is 0.413. The van der Waals surface area contributed by atoms with Crippen LogP contribution in [0.2, 0.25) is 0 Å². The van der Waals surface area contributed by atoms with E-state index in [-0.39, 0.29) is 0 Å². The molecule has 0 bridgehead atoms. The van der Waals surface area contributed by atoms with Crippen molar-refractivity contribution >= 4 is 23.5 Å². The van der Waals surface area contributed by atoms with Crippen molar-refractivity contribution in [1.82, 2.24) is 0 Å². The van der Waals surface area contributed by atoms with Crippen molar-refractivity contribution in [2.45, 2.75) is 9.49 Å². The van der Waals surface area contributed by atoms with Gasteiger partial charge in [0.25, 0.3) is 0 Å². The molecule has 1 saturated heterocycles. The summed E-state index contributed by atoms with van der Waals surface area (Å²) in [5.41, 5.74) is 4.86. The SMILES string of the molecule is COc1ccc(C2(c3ccc(OC)cc3)SCCSC2(c2ccc(OC)cc2)c2ccc(OC)cc2)cc1. The van der Waals surface area contributed by atoms with Crippen LogP contribution < -0.4 is 18.9 Å². The third-order valence-corrected chi connectivity index (χ3v) is 10.8. The first-order valence-corrected chi connectivity index (χ1v) is 14.4. The van der Waals surface area contributed by atoms with Crippen LogP contribution in [0.4, 0.5) is 0 Å². The van der Waals surface area contributed by atoms with E-state index in [0.29, 0.717) is 0 Å². The maximum absolute atomic E-state index is 5.54. The molecule has 4 nitrogen and oxygen atoms in total. The van der Waals surface area contributed by atoms with Gasteiger partial charge in [0.2, 0.25) is 0 Å². The monoisotopic (exact) mass is 544 g/mol. The van der Waals surface area contributed by atoms with Crippen molar-refractivity contribution in [3.63, 3.8) is 0 Å². The Balaban J connectivity index is 1.87. The van der Waals surface area contributed by atoms with Crippen molar-refractivity contribution < 1.29 is 18.9 Å². The number of methoxy groups -OCH3 is 4. The van der Waals surface area contributed by atoms with Crippen molar-refractivity contribution in [2.24, 2.45) is 0 Å². The molecule has 196 valence electrons. The lowest BCUT2D eigenvalue weighted by Crippen LogP contribution is -2.49. The summed E-state index contributed by atoms with van der Waals surface area (Å²) in [4.78, 5) is 0. The van der Waals surface area contributed by atoms with E-state index in [9.17, 15) is 0 Å². The maximum Gasteiger partial charge on any atom is 0.118 e. The summed E-state index contributed by atoms with van der Waals surface area (Å²) >= 11 is 3.99. The standard InChI is InChI=1S/C32H32O4S2/c1-33-27-13-5-23(6-14-27)31(24-7-15-28(34-2)16-8-24)32(38-22-21-37-31,25-9-17-29(35-3)18-10-25)26-11-19-30(36-4)20-12-26/h5-20H,21-22H2,1-4H3. The molecule has 0 amide bonds. The van der Waals surface area contributed by atoms with E-state index in [2.05, 4.69) is 97.1 Å². The smallest absolute Gasteiger partial charge is 0.118 e. The van der Waals surface area contributed by atoms with Crippen molar-refractivity contribution in [1.29, 1.82) is 0 Å². The molecule has 1 heterocycles. The maximum atomic E-state index is 5.54. The van der Waals surface area contributed by atoms with Gasteiger partial charge in [-0.2, -0.15) is 0 Å². The highest BCUT2D eigenvalue weighted by Gasteiger charge is 2.58. The Morgan fingerprint density at radius 3 is 0.789 bits per heavy atom. The van der Waals surface area contributed by atoms with Gasteiger partial charge < -0.3 is 18.9 Å². The summed E-state index contributed by atoms with van der Waals surface area (Å²) < 4.78 is 21.2. The third-order valence-electron chi connectivity index (χ3n) is 7.20. The summed E-state index contributed by atoms with van der Waals surface area (Å²) in [5.74, 6) is 5.38. The van der Waals surface area contributed by atoms with Gasteiger partial charge in [-0.05, 0) is 70.8 Å². The Kier molecular flexibility index (Phi) is 7.82. The number of hydrogen-bond donors (Lipinski definition) is 0. The summed E-state index contributed by atoms with van der Waals surface area (Å²) in [6.07, 6.45) is 0. The molecule has 1 fully saturated rings. The van der Waals surface area contributed by atoms with Gasteiger partial charge in [0.05, 0.1) is 37.9 Å². The highest BCUT2D eigenvalue weighted by atomic mass is 32.2. The van der Waals surface area contributed by atoms with E-state index < -0.39 is 9.49 Å². The topological polar surface area (TPSA) is 36.9 Å². The van der Waals surface area contributed by atoms with Crippen LogP contribution in [-0.2, 0) is 9.49 Å². The average Bonchev–Trinajstić information content (AvgIpc) is 3.01. The Morgan fingerprint density at radius 2 is 0.605 bits per heavy atom. The van der Waals surface area contributed by atoms with Gasteiger partial charge in [-0.15, -0.1) is 23.5 Å². The fourth-order valence-corrected chi connectivity index (χ4v) is 9.10. The molecule has 6 heteroatoms. The second-order valence-electron chi connectivity index (χ2n) is 8.97. The molecule has 4 aromatic carbocycles. The Hall–Kier alpha value is -3.22. The molecule has 0 saturated carbocycles. The molecule has 0 aromatic heterocycles. The second-order valence-corrected chi connectivity index (χ2v) is 11.6. The molecular formula is C32H32O4S2. The zero-order valence-corrected chi connectivity index (χ0v) is 23.7. The van der Waals surface area contributed by atoms with E-state index in [4.69, 9.17) is 18.9 Å². The van der Waals surface area contributed by atoms with Crippen LogP contribution in [0.5, 0.6) is 23.0 Å². The normalized spacial score (nSPS) is 15.9. The highest BCUT2D eigenvalue weighted by Crippen LogP contribution is 2.66. The van der Waals surface area contributed by atoms with Crippen molar-refractivity contribution in [3.8, 4) is 23.0 Å². The van der Waals surface area contributed by atoms with Crippen molar-refractivity contribution in [3.05, 3.63) is 119 Å². The number of hydrogen-bond acceptors (Lipinski definition) is 6. The minimum Gasteiger partial charge on any atom is -0.497 e. The molecule has 38 heavy (non-hydrogen) atoms. The van der Waals surface area contributed by atoms with Crippen LogP contribution in [0, 0.1) is 0 Å². The van der Waals surface area contributed by atoms with E-state index in [1.807, 2.05) is 23.5 Å². The molecule has 1 aliphatic heterocycles. The van der Waals surface area contributed by atoms with Crippen LogP contribution >= 0.6 is 23.5 Å². The van der Waals surface area contributed by atoms with Crippen LogP contribution in [-0.4, -0.2) is 39.9 Å². The molecule has 0 unspecified atom stereocenters. The molecule has 5 rings (SSSR count). The predicted octanol–water partition coefficient (Wildman–Crippen LogP) is 7.39. The minimum absolute atomic E-state index is 0.461. The van der Waals surface area contributed by atoms with Gasteiger partial charge >= 0.3 is 0 Å². The van der Waals surface area contributed by atoms with Crippen LogP contribution in [0.15, 0.2) is 97.1 Å². The van der Waals surface area contributed by atoms with E-state index in [1.54, 1.807) is 28.4 Å². The molecule has 4 aromatic rings. The Morgan fingerprint density at radius 1 is 0.395 bits per heavy atom. The molecule has 0 N–H and O–H groups in total. The van der Waals surface area contributed by atoms with E-state index in [1.165, 1.54) is 22.3 Å². The van der Waals surface area contributed by atoms with E-state index in [0.717, 1.165) is 34.5 Å². The fourth-order valence-electron chi connectivity index (χ4n) is 5.38. The number of benzene rings is 4. The Bertz CT molecular complexity index is 1130. The van der Waals surface area contributed by atoms with Crippen LogP contribution in [0.25, 0.3) is 0 Å². The zero-order chi connectivity index (χ0) is 26.6. The molecule has 1 aliphatic rings. The van der Waals surface area contributed by atoms with Crippen molar-refractivity contribution in [2.75, 3.05) is 39.9 Å². The molecule has 0 radical (unpaired) electrons. The fraction of sp³-hybridized carbons (Fsp3) is 0.250. The average molecular weight is 545 g/mol. The highest BCUT2D eigenvalue weighted by molar-refractivity contribution is 8.07. The molecule has 0 atom stereocenters. The van der Waals surface area contributed by atoms with Gasteiger partial charge in [-0.3, -0.25) is 0 Å². The van der Waals surface area contributed by atoms with Crippen LogP contribution in [0.1, 0.15) is 22.3 Å². The Labute approximate surface area is 233 Å². The number of thioether (sulfide) groups is 2. The molecular weight excluding hydrogens is 512 g/mol. The van der Waals surface area contributed by atoms with Gasteiger partial charge in [0.15, 0.2) is 0 Å².